The van der Waals surface area contributed by atoms with Crippen molar-refractivity contribution in [3.05, 3.63) is 18.0 Å². The maximum absolute atomic E-state index is 12.2. The van der Waals surface area contributed by atoms with Gasteiger partial charge < -0.3 is 5.73 Å². The van der Waals surface area contributed by atoms with Crippen molar-refractivity contribution in [2.75, 3.05) is 13.1 Å². The Balaban J connectivity index is 0.00000180. The Morgan fingerprint density at radius 3 is 2.63 bits per heavy atom. The van der Waals surface area contributed by atoms with Gasteiger partial charge in [-0.05, 0) is 5.92 Å². The summed E-state index contributed by atoms with van der Waals surface area (Å²) in [7, 11) is 0. The van der Waals surface area contributed by atoms with Crippen molar-refractivity contribution in [2.24, 2.45) is 11.7 Å². The normalized spacial score (nSPS) is 24.5. The zero-order chi connectivity index (χ0) is 13.3. The molecular formula is C11H18ClF3N4. The van der Waals surface area contributed by atoms with Crippen LogP contribution >= 0.6 is 12.4 Å². The Labute approximate surface area is 116 Å². The van der Waals surface area contributed by atoms with E-state index in [9.17, 15) is 13.2 Å². The van der Waals surface area contributed by atoms with Crippen LogP contribution in [0, 0.1) is 5.92 Å². The quantitative estimate of drug-likeness (QED) is 0.923. The van der Waals surface area contributed by atoms with Crippen molar-refractivity contribution < 1.29 is 13.2 Å². The lowest BCUT2D eigenvalue weighted by Crippen LogP contribution is -2.28. The fraction of sp³-hybridized carbons (Fsp3) is 0.727. The van der Waals surface area contributed by atoms with Crippen molar-refractivity contribution in [3.63, 3.8) is 0 Å². The summed E-state index contributed by atoms with van der Waals surface area (Å²) in [5.74, 6) is 0.426. The first-order valence-corrected chi connectivity index (χ1v) is 5.89. The Morgan fingerprint density at radius 2 is 2.11 bits per heavy atom. The van der Waals surface area contributed by atoms with Crippen LogP contribution in [-0.2, 0) is 13.1 Å². The smallest absolute Gasteiger partial charge is 0.326 e. The minimum Gasteiger partial charge on any atom is -0.326 e. The maximum atomic E-state index is 12.2. The molecule has 1 aromatic heterocycles. The number of nitrogens with zero attached hydrogens (tertiary/aromatic N) is 3. The SMILES string of the molecule is CC1CN(Cc2cnn(CC(F)(F)F)c2)CC1N.Cl. The highest BCUT2D eigenvalue weighted by Gasteiger charge is 2.29. The average molecular weight is 299 g/mol. The second kappa shape index (κ2) is 6.11. The van der Waals surface area contributed by atoms with Gasteiger partial charge in [0, 0.05) is 37.4 Å². The van der Waals surface area contributed by atoms with E-state index in [0.29, 0.717) is 12.5 Å². The number of likely N-dealkylation sites (tertiary alicyclic amines) is 1. The number of hydrogen-bond acceptors (Lipinski definition) is 3. The van der Waals surface area contributed by atoms with Gasteiger partial charge in [-0.15, -0.1) is 12.4 Å². The average Bonchev–Trinajstić information content (AvgIpc) is 2.73. The van der Waals surface area contributed by atoms with E-state index in [0.717, 1.165) is 23.3 Å². The van der Waals surface area contributed by atoms with Gasteiger partial charge in [0.05, 0.1) is 6.20 Å². The van der Waals surface area contributed by atoms with Crippen molar-refractivity contribution in [2.45, 2.75) is 32.2 Å². The molecule has 1 aromatic rings. The summed E-state index contributed by atoms with van der Waals surface area (Å²) in [6.07, 6.45) is -1.30. The van der Waals surface area contributed by atoms with E-state index < -0.39 is 12.7 Å². The number of halogens is 4. The van der Waals surface area contributed by atoms with Crippen LogP contribution in [0.5, 0.6) is 0 Å². The zero-order valence-electron chi connectivity index (χ0n) is 10.6. The maximum Gasteiger partial charge on any atom is 0.408 e. The molecule has 2 atom stereocenters. The molecule has 2 N–H and O–H groups in total. The first kappa shape index (κ1) is 16.3. The fourth-order valence-corrected chi connectivity index (χ4v) is 2.24. The summed E-state index contributed by atoms with van der Waals surface area (Å²) in [5, 5.41) is 3.72. The molecule has 0 saturated carbocycles. The second-order valence-electron chi connectivity index (χ2n) is 5.00. The van der Waals surface area contributed by atoms with Crippen LogP contribution < -0.4 is 5.73 Å². The van der Waals surface area contributed by atoms with Gasteiger partial charge in [-0.3, -0.25) is 9.58 Å². The third kappa shape index (κ3) is 4.67. The van der Waals surface area contributed by atoms with Gasteiger partial charge in [-0.25, -0.2) is 0 Å². The number of aromatic nitrogens is 2. The van der Waals surface area contributed by atoms with Crippen LogP contribution in [0.1, 0.15) is 12.5 Å². The first-order chi connectivity index (χ1) is 8.33. The van der Waals surface area contributed by atoms with E-state index in [2.05, 4.69) is 16.9 Å². The van der Waals surface area contributed by atoms with Gasteiger partial charge in [0.2, 0.25) is 0 Å². The third-order valence-electron chi connectivity index (χ3n) is 3.18. The zero-order valence-corrected chi connectivity index (χ0v) is 11.4. The van der Waals surface area contributed by atoms with Gasteiger partial charge in [0.1, 0.15) is 6.54 Å². The minimum absolute atomic E-state index is 0. The molecule has 8 heteroatoms. The highest BCUT2D eigenvalue weighted by atomic mass is 35.5. The summed E-state index contributed by atoms with van der Waals surface area (Å²) >= 11 is 0. The van der Waals surface area contributed by atoms with Crippen LogP contribution in [0.25, 0.3) is 0 Å². The van der Waals surface area contributed by atoms with E-state index in [4.69, 9.17) is 5.73 Å². The summed E-state index contributed by atoms with van der Waals surface area (Å²) in [5.41, 5.74) is 6.69. The molecule has 1 aliphatic rings. The highest BCUT2D eigenvalue weighted by Crippen LogP contribution is 2.19. The van der Waals surface area contributed by atoms with Crippen molar-refractivity contribution in [1.29, 1.82) is 0 Å². The number of nitrogens with two attached hydrogens (primary N) is 1. The molecule has 19 heavy (non-hydrogen) atoms. The van der Waals surface area contributed by atoms with Crippen molar-refractivity contribution in [3.8, 4) is 0 Å². The second-order valence-corrected chi connectivity index (χ2v) is 5.00. The van der Waals surface area contributed by atoms with Gasteiger partial charge >= 0.3 is 6.18 Å². The molecule has 1 fully saturated rings. The molecule has 0 aromatic carbocycles. The molecule has 0 bridgehead atoms. The van der Waals surface area contributed by atoms with Crippen LogP contribution in [0.2, 0.25) is 0 Å². The highest BCUT2D eigenvalue weighted by molar-refractivity contribution is 5.85. The number of alkyl halides is 3. The Morgan fingerprint density at radius 1 is 1.42 bits per heavy atom. The summed E-state index contributed by atoms with van der Waals surface area (Å²) < 4.78 is 37.4. The molecule has 0 radical (unpaired) electrons. The largest absolute Gasteiger partial charge is 0.408 e. The Hall–Kier alpha value is -0.790. The molecule has 0 spiro atoms. The predicted molar refractivity (Wildman–Crippen MR) is 67.9 cm³/mol. The molecule has 0 aliphatic carbocycles. The van der Waals surface area contributed by atoms with Crippen molar-refractivity contribution in [1.82, 2.24) is 14.7 Å². The number of hydrogen-bond donors (Lipinski definition) is 1. The minimum atomic E-state index is -4.23. The predicted octanol–water partition coefficient (Wildman–Crippen LogP) is 1.65. The monoisotopic (exact) mass is 298 g/mol. The van der Waals surface area contributed by atoms with Crippen LogP contribution in [0.4, 0.5) is 13.2 Å². The molecule has 2 rings (SSSR count). The Kier molecular flexibility index (Phi) is 5.23. The third-order valence-corrected chi connectivity index (χ3v) is 3.18. The van der Waals surface area contributed by atoms with Gasteiger partial charge in [0.25, 0.3) is 0 Å². The lowest BCUT2D eigenvalue weighted by Gasteiger charge is -2.13. The van der Waals surface area contributed by atoms with E-state index in [1.807, 2.05) is 0 Å². The molecule has 4 nitrogen and oxygen atoms in total. The molecule has 2 heterocycles. The lowest BCUT2D eigenvalue weighted by atomic mass is 10.1. The van der Waals surface area contributed by atoms with Crippen LogP contribution in [0.15, 0.2) is 12.4 Å². The van der Waals surface area contributed by atoms with Crippen LogP contribution in [-0.4, -0.2) is 40.0 Å². The standard InChI is InChI=1S/C11H17F3N4.ClH/c1-8-3-17(6-10(8)15)4-9-2-16-18(5-9)7-11(12,13)14;/h2,5,8,10H,3-4,6-7,15H2,1H3;1H. The van der Waals surface area contributed by atoms with Gasteiger partial charge in [0.15, 0.2) is 0 Å². The Bertz CT molecular complexity index is 397. The summed E-state index contributed by atoms with van der Waals surface area (Å²) in [4.78, 5) is 2.14. The molecule has 1 aliphatic heterocycles. The van der Waals surface area contributed by atoms with E-state index >= 15 is 0 Å². The van der Waals surface area contributed by atoms with E-state index in [1.165, 1.54) is 12.4 Å². The first-order valence-electron chi connectivity index (χ1n) is 5.89. The van der Waals surface area contributed by atoms with Gasteiger partial charge in [-0.2, -0.15) is 18.3 Å². The van der Waals surface area contributed by atoms with E-state index in [-0.39, 0.29) is 18.4 Å². The fourth-order valence-electron chi connectivity index (χ4n) is 2.24. The summed E-state index contributed by atoms with van der Waals surface area (Å²) in [6, 6.07) is 0.148. The number of rotatable bonds is 3. The molecule has 2 unspecified atom stereocenters. The summed E-state index contributed by atoms with van der Waals surface area (Å²) in [6.45, 7) is 3.31. The topological polar surface area (TPSA) is 47.1 Å². The molecule has 0 amide bonds. The molecule has 1 saturated heterocycles. The van der Waals surface area contributed by atoms with Gasteiger partial charge in [-0.1, -0.05) is 6.92 Å². The van der Waals surface area contributed by atoms with Crippen LogP contribution in [0.3, 0.4) is 0 Å². The van der Waals surface area contributed by atoms with E-state index in [1.54, 1.807) is 0 Å². The molecule has 110 valence electrons. The van der Waals surface area contributed by atoms with Crippen molar-refractivity contribution >= 4 is 12.4 Å². The molecular weight excluding hydrogens is 281 g/mol. The lowest BCUT2D eigenvalue weighted by molar-refractivity contribution is -0.142.